The number of hydrazine groups is 1. The average Bonchev–Trinajstić information content (AvgIpc) is 3.47. The van der Waals surface area contributed by atoms with Gasteiger partial charge >= 0.3 is 0 Å². The summed E-state index contributed by atoms with van der Waals surface area (Å²) in [5, 5.41) is 29.3. The number of para-hydroxylation sites is 1. The first-order valence-corrected chi connectivity index (χ1v) is 27.9. The maximum absolute atomic E-state index is 14.0. The second kappa shape index (κ2) is 36.5. The number of hydrazone groups is 1. The van der Waals surface area contributed by atoms with Gasteiger partial charge in [-0.1, -0.05) is 106 Å². The molecule has 15 N–H and O–H groups in total. The van der Waals surface area contributed by atoms with Crippen LogP contribution in [-0.4, -0.2) is 120 Å². The smallest absolute Gasteiger partial charge is 0.251 e. The molecule has 0 radical (unpaired) electrons. The molecular formula is C58H94N14O10. The number of nitrogens with one attached hydrogen (secondary N) is 9. The van der Waals surface area contributed by atoms with Gasteiger partial charge in [0.05, 0.1) is 12.2 Å². The molecule has 24 nitrogen and oxygen atoms in total. The van der Waals surface area contributed by atoms with Crippen molar-refractivity contribution in [3.8, 4) is 0 Å². The van der Waals surface area contributed by atoms with E-state index < -0.39 is 95.5 Å². The lowest BCUT2D eigenvalue weighted by atomic mass is 9.97. The summed E-state index contributed by atoms with van der Waals surface area (Å²) >= 11 is 0. The number of anilines is 1. The van der Waals surface area contributed by atoms with Crippen molar-refractivity contribution in [2.75, 3.05) is 24.8 Å². The maximum Gasteiger partial charge on any atom is 0.251 e. The third-order valence-corrected chi connectivity index (χ3v) is 12.4. The maximum atomic E-state index is 14.0. The standard InChI is InChI=1S/C50H79N13O9.C8H15NO/c1-28(2)25-37(43(52)66)59-45(68)36(19-15-16-24-54-44(67)34-22-20-33(21-23-34)42(51)62-63(53)35-17-13-12-14-18-35)58-48(71)41(31(7)8)60-49(72)50(10,11)61-46(69)38(26-29(3)4)57-39(65)27-55-47(70)40(30(5)6)56-32(9)64;1-4-5-6-9-8(10)7(2)3/h12-14,17-18,20-23,28-31,36-38,40-41H,15-16,19,24-27,53H2,1-11H3,(H2,51,62)(H2,52,66)(H,54,67)(H,55,70)(H,56,64)(H,57,65)(H,58,71)(H,59,68)(H,60,72)(H,61,69);2,4-6H2,1,3H3,(H,9,10)/t36-,37?,38?,40?,41?;/m0./s1. The third-order valence-electron chi connectivity index (χ3n) is 12.4. The molecule has 2 rings (SSSR count). The summed E-state index contributed by atoms with van der Waals surface area (Å²) in [5.74, 6) is -0.373. The van der Waals surface area contributed by atoms with Gasteiger partial charge < -0.3 is 59.3 Å². The first-order valence-electron chi connectivity index (χ1n) is 27.9. The van der Waals surface area contributed by atoms with Gasteiger partial charge in [0.2, 0.25) is 53.2 Å². The van der Waals surface area contributed by atoms with Crippen molar-refractivity contribution in [2.24, 2.45) is 46.1 Å². The van der Waals surface area contributed by atoms with Gasteiger partial charge in [0.15, 0.2) is 5.84 Å². The van der Waals surface area contributed by atoms with Crippen molar-refractivity contribution in [1.82, 2.24) is 47.9 Å². The quantitative estimate of drug-likeness (QED) is 0.0122. The lowest BCUT2D eigenvalue weighted by molar-refractivity contribution is -0.138. The van der Waals surface area contributed by atoms with Crippen LogP contribution in [0.2, 0.25) is 0 Å². The zero-order valence-electron chi connectivity index (χ0n) is 50.4. The van der Waals surface area contributed by atoms with E-state index in [9.17, 15) is 47.9 Å². The summed E-state index contributed by atoms with van der Waals surface area (Å²) < 4.78 is 0. The molecule has 24 heteroatoms. The lowest BCUT2D eigenvalue weighted by Gasteiger charge is -2.32. The van der Waals surface area contributed by atoms with E-state index in [-0.39, 0.29) is 61.2 Å². The number of benzene rings is 2. The number of hydrogen-bond donors (Lipinski definition) is 12. The molecule has 0 aliphatic heterocycles. The first-order chi connectivity index (χ1) is 38.3. The fourth-order valence-corrected chi connectivity index (χ4v) is 7.72. The van der Waals surface area contributed by atoms with Crippen LogP contribution < -0.4 is 70.3 Å². The van der Waals surface area contributed by atoms with Crippen molar-refractivity contribution in [1.29, 1.82) is 0 Å². The van der Waals surface area contributed by atoms with Crippen LogP contribution >= 0.6 is 0 Å². The monoisotopic (exact) mass is 1150 g/mol. The normalized spacial score (nSPS) is 13.2. The van der Waals surface area contributed by atoms with Gasteiger partial charge in [-0.15, -0.1) is 5.10 Å². The molecule has 4 unspecified atom stereocenters. The van der Waals surface area contributed by atoms with Gasteiger partial charge in [0, 0.05) is 36.7 Å². The van der Waals surface area contributed by atoms with Crippen molar-refractivity contribution >= 4 is 70.6 Å². The summed E-state index contributed by atoms with van der Waals surface area (Å²) in [6, 6.07) is 10.1. The molecule has 0 saturated carbocycles. The van der Waals surface area contributed by atoms with Gasteiger partial charge in [0.25, 0.3) is 5.91 Å². The molecule has 0 saturated heterocycles. The molecule has 2 aromatic rings. The highest BCUT2D eigenvalue weighted by Crippen LogP contribution is 2.15. The summed E-state index contributed by atoms with van der Waals surface area (Å²) in [4.78, 5) is 129. The van der Waals surface area contributed by atoms with E-state index in [0.717, 1.165) is 24.5 Å². The fraction of sp³-hybridized carbons (Fsp3) is 0.569. The van der Waals surface area contributed by atoms with Crippen LogP contribution in [0.4, 0.5) is 5.69 Å². The van der Waals surface area contributed by atoms with Crippen LogP contribution in [0.1, 0.15) is 151 Å². The van der Waals surface area contributed by atoms with E-state index in [1.165, 1.54) is 20.8 Å². The minimum Gasteiger partial charge on any atom is -0.382 e. The molecule has 0 fully saturated rings. The van der Waals surface area contributed by atoms with Crippen molar-refractivity contribution in [3.63, 3.8) is 0 Å². The Morgan fingerprint density at radius 2 is 1.15 bits per heavy atom. The SMILES string of the molecule is C=C(C)C(=O)NCCCC.CC(=O)NC(C(=O)NCC(=O)NC(CC(C)C)C(=O)NC(C)(C)C(=O)NC(C(=O)N[C@@H](CCCCNC(=O)c1ccc(/C(N)=N/N(N)c2ccccc2)cc1)C(=O)NC(CC(C)C)C(N)=O)C(C)C)C(C)C. The third kappa shape index (κ3) is 27.5. The Balaban J connectivity index is 0.00000304. The van der Waals surface area contributed by atoms with E-state index in [1.807, 2.05) is 45.9 Å². The molecule has 82 heavy (non-hydrogen) atoms. The summed E-state index contributed by atoms with van der Waals surface area (Å²) in [5.41, 5.74) is 12.3. The largest absolute Gasteiger partial charge is 0.382 e. The fourth-order valence-electron chi connectivity index (χ4n) is 7.72. The lowest BCUT2D eigenvalue weighted by Crippen LogP contribution is -2.63. The highest BCUT2D eigenvalue weighted by atomic mass is 16.2. The number of nitrogens with zero attached hydrogens (tertiary/aromatic N) is 2. The number of amides is 10. The number of nitrogens with two attached hydrogens (primary N) is 3. The summed E-state index contributed by atoms with van der Waals surface area (Å²) in [6.45, 7) is 26.2. The second-order valence-corrected chi connectivity index (χ2v) is 22.2. The van der Waals surface area contributed by atoms with Gasteiger partial charge in [-0.05, 0) is 107 Å². The van der Waals surface area contributed by atoms with Crippen LogP contribution in [0.3, 0.4) is 0 Å². The van der Waals surface area contributed by atoms with Crippen molar-refractivity contribution in [3.05, 3.63) is 77.9 Å². The molecule has 0 aromatic heterocycles. The molecule has 0 heterocycles. The van der Waals surface area contributed by atoms with Gasteiger partial charge in [0.1, 0.15) is 35.7 Å². The van der Waals surface area contributed by atoms with Crippen LogP contribution in [0.25, 0.3) is 0 Å². The molecular weight excluding hydrogens is 1050 g/mol. The minimum absolute atomic E-state index is 0.00845. The molecule has 0 bridgehead atoms. The molecule has 0 aliphatic rings. The van der Waals surface area contributed by atoms with Crippen LogP contribution in [-0.2, 0) is 43.2 Å². The highest BCUT2D eigenvalue weighted by Gasteiger charge is 2.37. The van der Waals surface area contributed by atoms with E-state index in [4.69, 9.17) is 17.3 Å². The van der Waals surface area contributed by atoms with Gasteiger partial charge in [-0.3, -0.25) is 47.9 Å². The number of carbonyl (C=O) groups excluding carboxylic acids is 10. The molecule has 5 atom stereocenters. The van der Waals surface area contributed by atoms with Gasteiger partial charge in [-0.25, -0.2) is 5.84 Å². The first kappa shape index (κ1) is 72.1. The minimum atomic E-state index is -1.63. The predicted molar refractivity (Wildman–Crippen MR) is 318 cm³/mol. The van der Waals surface area contributed by atoms with Crippen molar-refractivity contribution in [2.45, 2.75) is 171 Å². The molecule has 0 spiro atoms. The Hall–Kier alpha value is -7.89. The highest BCUT2D eigenvalue weighted by molar-refractivity contribution is 6.01. The van der Waals surface area contributed by atoms with E-state index in [2.05, 4.69) is 66.5 Å². The number of primary amides is 1. The van der Waals surface area contributed by atoms with E-state index >= 15 is 0 Å². The Labute approximate surface area is 484 Å². The number of carbonyl (C=O) groups is 10. The van der Waals surface area contributed by atoms with E-state index in [1.54, 1.807) is 71.0 Å². The van der Waals surface area contributed by atoms with Crippen LogP contribution in [0.15, 0.2) is 71.9 Å². The molecule has 0 aliphatic carbocycles. The zero-order valence-corrected chi connectivity index (χ0v) is 50.4. The predicted octanol–water partition coefficient (Wildman–Crippen LogP) is 2.41. The molecule has 456 valence electrons. The zero-order chi connectivity index (χ0) is 62.4. The average molecular weight is 1150 g/mol. The Bertz CT molecular complexity index is 2480. The molecule has 10 amide bonds. The molecule has 2 aromatic carbocycles. The Morgan fingerprint density at radius 1 is 0.610 bits per heavy atom. The van der Waals surface area contributed by atoms with E-state index in [0.29, 0.717) is 35.2 Å². The number of unbranched alkanes of at least 4 members (excludes halogenated alkanes) is 2. The summed E-state index contributed by atoms with van der Waals surface area (Å²) in [6.07, 6.45) is 3.37. The van der Waals surface area contributed by atoms with Crippen LogP contribution in [0.5, 0.6) is 0 Å². The topological polar surface area (TPSA) is 373 Å². The second-order valence-electron chi connectivity index (χ2n) is 22.2. The number of hydrogen-bond acceptors (Lipinski definition) is 13. The Morgan fingerprint density at radius 3 is 1.67 bits per heavy atom. The number of rotatable bonds is 33. The number of amidine groups is 1. The van der Waals surface area contributed by atoms with Gasteiger partial charge in [-0.2, -0.15) is 5.12 Å². The van der Waals surface area contributed by atoms with Crippen molar-refractivity contribution < 1.29 is 47.9 Å². The summed E-state index contributed by atoms with van der Waals surface area (Å²) in [7, 11) is 0. The van der Waals surface area contributed by atoms with Crippen LogP contribution in [0, 0.1) is 23.7 Å². The Kier molecular flexibility index (Phi) is 32.1.